The molecule has 0 aliphatic heterocycles. The minimum absolute atomic E-state index is 0.0575. The van der Waals surface area contributed by atoms with Crippen LogP contribution in [0, 0.1) is 5.92 Å². The molecule has 6 heteroatoms. The van der Waals surface area contributed by atoms with Gasteiger partial charge in [-0.3, -0.25) is 4.79 Å². The molecule has 0 radical (unpaired) electrons. The van der Waals surface area contributed by atoms with Crippen molar-refractivity contribution < 1.29 is 4.79 Å². The van der Waals surface area contributed by atoms with Crippen LogP contribution in [0.1, 0.15) is 30.4 Å². The van der Waals surface area contributed by atoms with Gasteiger partial charge >= 0.3 is 0 Å². The fourth-order valence-electron chi connectivity index (χ4n) is 1.52. The lowest BCUT2D eigenvalue weighted by atomic mass is 10.2. The van der Waals surface area contributed by atoms with Gasteiger partial charge in [-0.2, -0.15) is 0 Å². The number of hydrogen-bond donors (Lipinski definition) is 2. The van der Waals surface area contributed by atoms with E-state index in [0.29, 0.717) is 28.3 Å². The average Bonchev–Trinajstić information content (AvgIpc) is 2.58. The number of hydrogen-bond acceptors (Lipinski definition) is 5. The molecule has 5 nitrogen and oxygen atoms in total. The molecule has 0 spiro atoms. The Bertz CT molecular complexity index is 389. The largest absolute Gasteiger partial charge is 0.382 e. The molecule has 0 aliphatic carbocycles. The topological polar surface area (TPSA) is 71.2 Å². The number of nitrogens with one attached hydrogen (secondary N) is 1. The van der Waals surface area contributed by atoms with E-state index >= 15 is 0 Å². The van der Waals surface area contributed by atoms with Crippen molar-refractivity contribution in [2.45, 2.75) is 20.8 Å². The maximum Gasteiger partial charge on any atom is 0.267 e. The minimum atomic E-state index is -0.0575. The first kappa shape index (κ1) is 13.8. The zero-order chi connectivity index (χ0) is 13.0. The lowest BCUT2D eigenvalue weighted by molar-refractivity contribution is 0.0784. The van der Waals surface area contributed by atoms with Gasteiger partial charge in [0.15, 0.2) is 5.13 Å². The summed E-state index contributed by atoms with van der Waals surface area (Å²) in [5.74, 6) is 0.691. The van der Waals surface area contributed by atoms with Crippen LogP contribution in [0.4, 0.5) is 10.9 Å². The zero-order valence-electron chi connectivity index (χ0n) is 10.8. The van der Waals surface area contributed by atoms with E-state index in [2.05, 4.69) is 24.1 Å². The summed E-state index contributed by atoms with van der Waals surface area (Å²) in [6, 6.07) is 0. The smallest absolute Gasteiger partial charge is 0.267 e. The van der Waals surface area contributed by atoms with Gasteiger partial charge in [-0.15, -0.1) is 0 Å². The van der Waals surface area contributed by atoms with E-state index in [1.54, 1.807) is 11.9 Å². The quantitative estimate of drug-likeness (QED) is 0.844. The highest BCUT2D eigenvalue weighted by Gasteiger charge is 2.19. The van der Waals surface area contributed by atoms with Gasteiger partial charge in [0.25, 0.3) is 5.91 Å². The maximum atomic E-state index is 12.1. The normalized spacial score (nSPS) is 10.6. The lowest BCUT2D eigenvalue weighted by Gasteiger charge is -2.18. The first-order chi connectivity index (χ1) is 7.95. The number of nitrogens with zero attached hydrogens (tertiary/aromatic N) is 2. The lowest BCUT2D eigenvalue weighted by Crippen LogP contribution is -2.30. The van der Waals surface area contributed by atoms with E-state index in [1.165, 1.54) is 11.3 Å². The Balaban J connectivity index is 2.81. The Morgan fingerprint density at radius 1 is 1.59 bits per heavy atom. The molecule has 0 fully saturated rings. The van der Waals surface area contributed by atoms with Gasteiger partial charge in [0, 0.05) is 20.1 Å². The van der Waals surface area contributed by atoms with Gasteiger partial charge in [0.05, 0.1) is 0 Å². The summed E-state index contributed by atoms with van der Waals surface area (Å²) in [6.07, 6.45) is 0. The van der Waals surface area contributed by atoms with E-state index < -0.39 is 0 Å². The highest BCUT2D eigenvalue weighted by atomic mass is 32.1. The van der Waals surface area contributed by atoms with Crippen molar-refractivity contribution in [1.82, 2.24) is 9.88 Å². The Kier molecular flexibility index (Phi) is 4.74. The Hall–Kier alpha value is -1.30. The number of nitrogen functional groups attached to an aromatic ring is 1. The molecule has 1 heterocycles. The van der Waals surface area contributed by atoms with Crippen LogP contribution < -0.4 is 11.1 Å². The highest BCUT2D eigenvalue weighted by Crippen LogP contribution is 2.26. The molecular weight excluding hydrogens is 236 g/mol. The van der Waals surface area contributed by atoms with Gasteiger partial charge in [0.1, 0.15) is 10.7 Å². The number of thiazole rings is 1. The van der Waals surface area contributed by atoms with Gasteiger partial charge < -0.3 is 16.0 Å². The third-order valence-corrected chi connectivity index (χ3v) is 3.18. The molecule has 1 aromatic rings. The number of rotatable bonds is 5. The summed E-state index contributed by atoms with van der Waals surface area (Å²) < 4.78 is 0. The average molecular weight is 256 g/mol. The van der Waals surface area contributed by atoms with E-state index in [4.69, 9.17) is 5.73 Å². The number of amides is 1. The van der Waals surface area contributed by atoms with Crippen LogP contribution in [-0.4, -0.2) is 35.9 Å². The summed E-state index contributed by atoms with van der Waals surface area (Å²) >= 11 is 1.31. The molecule has 1 amide bonds. The van der Waals surface area contributed by atoms with Crippen molar-refractivity contribution in [1.29, 1.82) is 0 Å². The molecule has 1 aromatic heterocycles. The molecule has 0 aliphatic rings. The molecule has 0 saturated heterocycles. The van der Waals surface area contributed by atoms with Gasteiger partial charge in [0.2, 0.25) is 0 Å². The number of carbonyl (C=O) groups is 1. The second-order valence-electron chi connectivity index (χ2n) is 4.34. The second kappa shape index (κ2) is 5.86. The molecule has 17 heavy (non-hydrogen) atoms. The molecule has 0 saturated carbocycles. The standard InChI is InChI=1S/C11H20N4OS/c1-5-13-11-14-9(12)8(17-11)10(16)15(4)6-7(2)3/h7H,5-6,12H2,1-4H3,(H,13,14). The Labute approximate surface area is 106 Å². The number of aromatic nitrogens is 1. The third kappa shape index (κ3) is 3.59. The highest BCUT2D eigenvalue weighted by molar-refractivity contribution is 7.18. The van der Waals surface area contributed by atoms with Crippen molar-refractivity contribution >= 4 is 28.2 Å². The fourth-order valence-corrected chi connectivity index (χ4v) is 2.46. The number of carbonyl (C=O) groups excluding carboxylic acids is 1. The first-order valence-electron chi connectivity index (χ1n) is 5.71. The fraction of sp³-hybridized carbons (Fsp3) is 0.636. The first-order valence-corrected chi connectivity index (χ1v) is 6.53. The summed E-state index contributed by atoms with van der Waals surface area (Å²) in [5.41, 5.74) is 5.75. The molecule has 1 rings (SSSR count). The number of anilines is 2. The van der Waals surface area contributed by atoms with E-state index in [-0.39, 0.29) is 5.91 Å². The summed E-state index contributed by atoms with van der Waals surface area (Å²) in [4.78, 5) is 18.4. The molecule has 0 atom stereocenters. The molecule has 0 unspecified atom stereocenters. The molecule has 96 valence electrons. The molecular formula is C11H20N4OS. The Morgan fingerprint density at radius 3 is 2.76 bits per heavy atom. The molecule has 3 N–H and O–H groups in total. The van der Waals surface area contributed by atoms with Crippen LogP contribution in [0.3, 0.4) is 0 Å². The van der Waals surface area contributed by atoms with Gasteiger partial charge in [-0.25, -0.2) is 4.98 Å². The third-order valence-electron chi connectivity index (χ3n) is 2.16. The van der Waals surface area contributed by atoms with Crippen LogP contribution in [-0.2, 0) is 0 Å². The summed E-state index contributed by atoms with van der Waals surface area (Å²) in [6.45, 7) is 7.60. The van der Waals surface area contributed by atoms with Crippen LogP contribution in [0.15, 0.2) is 0 Å². The van der Waals surface area contributed by atoms with Crippen molar-refractivity contribution in [3.05, 3.63) is 4.88 Å². The number of nitrogens with two attached hydrogens (primary N) is 1. The molecule has 0 bridgehead atoms. The van der Waals surface area contributed by atoms with Crippen LogP contribution in [0.5, 0.6) is 0 Å². The minimum Gasteiger partial charge on any atom is -0.382 e. The SMILES string of the molecule is CCNc1nc(N)c(C(=O)N(C)CC(C)C)s1. The summed E-state index contributed by atoms with van der Waals surface area (Å²) in [5, 5.41) is 3.76. The van der Waals surface area contributed by atoms with Gasteiger partial charge in [-0.1, -0.05) is 25.2 Å². The van der Waals surface area contributed by atoms with Gasteiger partial charge in [-0.05, 0) is 12.8 Å². The van der Waals surface area contributed by atoms with E-state index in [0.717, 1.165) is 6.54 Å². The second-order valence-corrected chi connectivity index (χ2v) is 5.34. The van der Waals surface area contributed by atoms with Crippen molar-refractivity contribution in [3.63, 3.8) is 0 Å². The molecule has 0 aromatic carbocycles. The Morgan fingerprint density at radius 2 is 2.24 bits per heavy atom. The maximum absolute atomic E-state index is 12.1. The van der Waals surface area contributed by atoms with Crippen LogP contribution in [0.25, 0.3) is 0 Å². The van der Waals surface area contributed by atoms with E-state index in [1.807, 2.05) is 6.92 Å². The summed E-state index contributed by atoms with van der Waals surface area (Å²) in [7, 11) is 1.79. The van der Waals surface area contributed by atoms with Crippen LogP contribution >= 0.6 is 11.3 Å². The van der Waals surface area contributed by atoms with Crippen molar-refractivity contribution in [2.24, 2.45) is 5.92 Å². The zero-order valence-corrected chi connectivity index (χ0v) is 11.6. The predicted molar refractivity (Wildman–Crippen MR) is 72.5 cm³/mol. The van der Waals surface area contributed by atoms with Crippen LogP contribution in [0.2, 0.25) is 0 Å². The monoisotopic (exact) mass is 256 g/mol. The van der Waals surface area contributed by atoms with Crippen molar-refractivity contribution in [2.75, 3.05) is 31.2 Å². The predicted octanol–water partition coefficient (Wildman–Crippen LogP) is 1.89. The van der Waals surface area contributed by atoms with Crippen molar-refractivity contribution in [3.8, 4) is 0 Å². The van der Waals surface area contributed by atoms with E-state index in [9.17, 15) is 4.79 Å².